The van der Waals surface area contributed by atoms with Gasteiger partial charge in [0.15, 0.2) is 0 Å². The van der Waals surface area contributed by atoms with Crippen LogP contribution in [0.4, 0.5) is 0 Å². The van der Waals surface area contributed by atoms with Crippen molar-refractivity contribution in [1.29, 1.82) is 0 Å². The summed E-state index contributed by atoms with van der Waals surface area (Å²) in [5, 5.41) is 3.30. The van der Waals surface area contributed by atoms with Gasteiger partial charge in [0.05, 0.1) is 6.61 Å². The van der Waals surface area contributed by atoms with Crippen LogP contribution >= 0.6 is 11.3 Å². The van der Waals surface area contributed by atoms with Crippen LogP contribution in [0.3, 0.4) is 0 Å². The predicted octanol–water partition coefficient (Wildman–Crippen LogP) is 2.35. The molecule has 0 atom stereocenters. The number of rotatable bonds is 4. The Morgan fingerprint density at radius 2 is 2.50 bits per heavy atom. The molecule has 1 aromatic heterocycles. The first-order valence-corrected chi connectivity index (χ1v) is 6.62. The molecule has 3 nitrogen and oxygen atoms in total. The SMILES string of the molecule is CCCCOC(=O)c1cc2c(s1)CCNC2. The number of ether oxygens (including phenoxy) is 1. The number of carbonyl (C=O) groups is 1. The molecule has 0 aromatic carbocycles. The molecule has 2 rings (SSSR count). The van der Waals surface area contributed by atoms with Gasteiger partial charge in [-0.3, -0.25) is 0 Å². The summed E-state index contributed by atoms with van der Waals surface area (Å²) >= 11 is 1.59. The molecule has 4 heteroatoms. The molecule has 1 aromatic rings. The number of hydrogen-bond donors (Lipinski definition) is 1. The van der Waals surface area contributed by atoms with E-state index in [1.807, 2.05) is 6.07 Å². The molecule has 2 heterocycles. The zero-order valence-electron chi connectivity index (χ0n) is 9.54. The van der Waals surface area contributed by atoms with Gasteiger partial charge in [0.2, 0.25) is 0 Å². The van der Waals surface area contributed by atoms with Gasteiger partial charge >= 0.3 is 5.97 Å². The predicted molar refractivity (Wildman–Crippen MR) is 64.9 cm³/mol. The van der Waals surface area contributed by atoms with Crippen molar-refractivity contribution in [1.82, 2.24) is 5.32 Å². The molecular weight excluding hydrogens is 222 g/mol. The van der Waals surface area contributed by atoms with E-state index >= 15 is 0 Å². The Morgan fingerprint density at radius 1 is 1.62 bits per heavy atom. The molecule has 88 valence electrons. The van der Waals surface area contributed by atoms with E-state index in [1.54, 1.807) is 11.3 Å². The van der Waals surface area contributed by atoms with Crippen LogP contribution < -0.4 is 5.32 Å². The highest BCUT2D eigenvalue weighted by molar-refractivity contribution is 7.14. The quantitative estimate of drug-likeness (QED) is 0.647. The third-order valence-corrected chi connectivity index (χ3v) is 3.89. The minimum atomic E-state index is -0.159. The molecule has 1 aliphatic heterocycles. The fourth-order valence-corrected chi connectivity index (χ4v) is 2.81. The van der Waals surface area contributed by atoms with Gasteiger partial charge in [-0.05, 0) is 24.5 Å². The van der Waals surface area contributed by atoms with Crippen molar-refractivity contribution in [3.63, 3.8) is 0 Å². The Bertz CT molecular complexity index is 350. The molecule has 0 unspecified atom stereocenters. The van der Waals surface area contributed by atoms with E-state index in [-0.39, 0.29) is 5.97 Å². The number of fused-ring (bicyclic) bond motifs is 1. The number of thiophene rings is 1. The summed E-state index contributed by atoms with van der Waals surface area (Å²) in [6.45, 7) is 4.52. The lowest BCUT2D eigenvalue weighted by atomic mass is 10.1. The minimum absolute atomic E-state index is 0.159. The molecule has 0 amide bonds. The lowest BCUT2D eigenvalue weighted by Gasteiger charge is -2.10. The van der Waals surface area contributed by atoms with Gasteiger partial charge in [-0.2, -0.15) is 0 Å². The average molecular weight is 239 g/mol. The van der Waals surface area contributed by atoms with E-state index in [1.165, 1.54) is 10.4 Å². The fourth-order valence-electron chi connectivity index (χ4n) is 1.73. The number of carbonyl (C=O) groups excluding carboxylic acids is 1. The number of esters is 1. The van der Waals surface area contributed by atoms with Crippen molar-refractivity contribution in [2.75, 3.05) is 13.2 Å². The van der Waals surface area contributed by atoms with Crippen molar-refractivity contribution >= 4 is 17.3 Å². The summed E-state index contributed by atoms with van der Waals surface area (Å²) < 4.78 is 5.20. The van der Waals surface area contributed by atoms with Gasteiger partial charge in [-0.15, -0.1) is 11.3 Å². The monoisotopic (exact) mass is 239 g/mol. The zero-order chi connectivity index (χ0) is 11.4. The first-order chi connectivity index (χ1) is 7.81. The van der Waals surface area contributed by atoms with E-state index < -0.39 is 0 Å². The second kappa shape index (κ2) is 5.46. The van der Waals surface area contributed by atoms with E-state index in [9.17, 15) is 4.79 Å². The Labute approximate surface area is 99.8 Å². The van der Waals surface area contributed by atoms with Crippen LogP contribution in [0.2, 0.25) is 0 Å². The molecular formula is C12H17NO2S. The van der Waals surface area contributed by atoms with Crippen LogP contribution in [-0.2, 0) is 17.7 Å². The molecule has 16 heavy (non-hydrogen) atoms. The van der Waals surface area contributed by atoms with Crippen LogP contribution in [0.15, 0.2) is 6.07 Å². The summed E-state index contributed by atoms with van der Waals surface area (Å²) in [6.07, 6.45) is 3.03. The largest absolute Gasteiger partial charge is 0.462 e. The van der Waals surface area contributed by atoms with Gasteiger partial charge in [0.1, 0.15) is 4.88 Å². The molecule has 0 fully saturated rings. The topological polar surface area (TPSA) is 38.3 Å². The Kier molecular flexibility index (Phi) is 3.96. The van der Waals surface area contributed by atoms with Gasteiger partial charge in [-0.25, -0.2) is 4.79 Å². The smallest absolute Gasteiger partial charge is 0.348 e. The zero-order valence-corrected chi connectivity index (χ0v) is 10.4. The third-order valence-electron chi connectivity index (χ3n) is 2.67. The standard InChI is InChI=1S/C12H17NO2S/c1-2-3-6-15-12(14)11-7-9-8-13-5-4-10(9)16-11/h7,13H,2-6,8H2,1H3. The first kappa shape index (κ1) is 11.6. The Balaban J connectivity index is 1.98. The second-order valence-electron chi connectivity index (χ2n) is 3.98. The van der Waals surface area contributed by atoms with Crippen LogP contribution in [0.5, 0.6) is 0 Å². The van der Waals surface area contributed by atoms with E-state index in [4.69, 9.17) is 4.74 Å². The van der Waals surface area contributed by atoms with Crippen molar-refractivity contribution in [2.24, 2.45) is 0 Å². The molecule has 1 N–H and O–H groups in total. The Hall–Kier alpha value is -0.870. The number of nitrogens with one attached hydrogen (secondary N) is 1. The molecule has 0 bridgehead atoms. The van der Waals surface area contributed by atoms with Crippen molar-refractivity contribution in [2.45, 2.75) is 32.7 Å². The Morgan fingerprint density at radius 3 is 3.25 bits per heavy atom. The lowest BCUT2D eigenvalue weighted by molar-refractivity contribution is 0.0505. The van der Waals surface area contributed by atoms with Gasteiger partial charge in [0.25, 0.3) is 0 Å². The van der Waals surface area contributed by atoms with Gasteiger partial charge in [0, 0.05) is 18.0 Å². The van der Waals surface area contributed by atoms with E-state index in [0.717, 1.165) is 37.2 Å². The van der Waals surface area contributed by atoms with Gasteiger partial charge < -0.3 is 10.1 Å². The van der Waals surface area contributed by atoms with Crippen LogP contribution in [0.25, 0.3) is 0 Å². The summed E-state index contributed by atoms with van der Waals surface area (Å²) in [6, 6.07) is 1.97. The minimum Gasteiger partial charge on any atom is -0.462 e. The van der Waals surface area contributed by atoms with Gasteiger partial charge in [-0.1, -0.05) is 13.3 Å². The maximum Gasteiger partial charge on any atom is 0.348 e. The summed E-state index contributed by atoms with van der Waals surface area (Å²) in [7, 11) is 0. The van der Waals surface area contributed by atoms with Crippen LogP contribution in [-0.4, -0.2) is 19.1 Å². The lowest BCUT2D eigenvalue weighted by Crippen LogP contribution is -2.21. The normalized spacial score (nSPS) is 14.6. The number of hydrogen-bond acceptors (Lipinski definition) is 4. The third kappa shape index (κ3) is 2.62. The molecule has 1 aliphatic rings. The van der Waals surface area contributed by atoms with E-state index in [0.29, 0.717) is 6.61 Å². The van der Waals surface area contributed by atoms with Crippen LogP contribution in [0.1, 0.15) is 39.9 Å². The summed E-state index contributed by atoms with van der Waals surface area (Å²) in [4.78, 5) is 13.8. The van der Waals surface area contributed by atoms with Crippen LogP contribution in [0, 0.1) is 0 Å². The highest BCUT2D eigenvalue weighted by atomic mass is 32.1. The fraction of sp³-hybridized carbons (Fsp3) is 0.583. The first-order valence-electron chi connectivity index (χ1n) is 5.80. The maximum atomic E-state index is 11.7. The molecule has 0 saturated carbocycles. The summed E-state index contributed by atoms with van der Waals surface area (Å²) in [5.41, 5.74) is 1.26. The molecule has 0 aliphatic carbocycles. The molecule has 0 spiro atoms. The highest BCUT2D eigenvalue weighted by Gasteiger charge is 2.17. The highest BCUT2D eigenvalue weighted by Crippen LogP contribution is 2.25. The van der Waals surface area contributed by atoms with Crippen molar-refractivity contribution in [3.05, 3.63) is 21.4 Å². The average Bonchev–Trinajstić information content (AvgIpc) is 2.73. The summed E-state index contributed by atoms with van der Waals surface area (Å²) in [5.74, 6) is -0.159. The molecule has 0 radical (unpaired) electrons. The maximum absolute atomic E-state index is 11.7. The van der Waals surface area contributed by atoms with Crippen molar-refractivity contribution < 1.29 is 9.53 Å². The molecule has 0 saturated heterocycles. The number of unbranched alkanes of at least 4 members (excludes halogenated alkanes) is 1. The second-order valence-corrected chi connectivity index (χ2v) is 5.11. The van der Waals surface area contributed by atoms with Crippen molar-refractivity contribution in [3.8, 4) is 0 Å². The van der Waals surface area contributed by atoms with E-state index in [2.05, 4.69) is 12.2 Å².